The van der Waals surface area contributed by atoms with Gasteiger partial charge in [0.25, 0.3) is 0 Å². The summed E-state index contributed by atoms with van der Waals surface area (Å²) in [6.45, 7) is 8.69. The van der Waals surface area contributed by atoms with E-state index in [9.17, 15) is 9.90 Å². The van der Waals surface area contributed by atoms with Crippen LogP contribution in [-0.2, 0) is 4.74 Å². The predicted molar refractivity (Wildman–Crippen MR) is 92.1 cm³/mol. The number of aliphatic hydroxyl groups is 1. The molecule has 1 N–H and O–H groups in total. The van der Waals surface area contributed by atoms with E-state index in [0.29, 0.717) is 13.1 Å². The first-order valence-electron chi connectivity index (χ1n) is 8.21. The Bertz CT molecular complexity index is 560. The molecule has 0 aliphatic carbocycles. The molecule has 1 unspecified atom stereocenters. The highest BCUT2D eigenvalue weighted by molar-refractivity contribution is 5.73. The summed E-state index contributed by atoms with van der Waals surface area (Å²) in [7, 11) is 0. The zero-order valence-electron chi connectivity index (χ0n) is 14.5. The predicted octanol–water partition coefficient (Wildman–Crippen LogP) is 3.85. The van der Waals surface area contributed by atoms with Gasteiger partial charge in [-0.1, -0.05) is 35.9 Å². The van der Waals surface area contributed by atoms with E-state index in [0.717, 1.165) is 24.0 Å². The first-order valence-corrected chi connectivity index (χ1v) is 8.21. The third kappa shape index (κ3) is 4.83. The molecule has 1 atom stereocenters. The molecule has 2 rings (SSSR count). The molecule has 1 aliphatic rings. The van der Waals surface area contributed by atoms with Crippen molar-refractivity contribution < 1.29 is 14.6 Å². The average molecular weight is 317 g/mol. The Labute approximate surface area is 138 Å². The van der Waals surface area contributed by atoms with E-state index >= 15 is 0 Å². The fourth-order valence-electron chi connectivity index (χ4n) is 2.91. The number of carbonyl (C=O) groups is 1. The Morgan fingerprint density at radius 2 is 1.74 bits per heavy atom. The molecule has 23 heavy (non-hydrogen) atoms. The Morgan fingerprint density at radius 3 is 2.22 bits per heavy atom. The highest BCUT2D eigenvalue weighted by atomic mass is 16.6. The van der Waals surface area contributed by atoms with Gasteiger partial charge in [-0.3, -0.25) is 0 Å². The zero-order chi connectivity index (χ0) is 17.0. The highest BCUT2D eigenvalue weighted by Crippen LogP contribution is 2.29. The van der Waals surface area contributed by atoms with Crippen molar-refractivity contribution in [3.63, 3.8) is 0 Å². The van der Waals surface area contributed by atoms with Gasteiger partial charge in [0.1, 0.15) is 5.60 Å². The number of likely N-dealkylation sites (tertiary alicyclic amines) is 1. The van der Waals surface area contributed by atoms with Crippen molar-refractivity contribution in [2.45, 2.75) is 52.2 Å². The molecular weight excluding hydrogens is 290 g/mol. The SMILES string of the molecule is CC(O)C(=C1CCN(C(=O)OC(C)(C)C)CC1)c1ccccc1. The number of hydrogen-bond acceptors (Lipinski definition) is 3. The van der Waals surface area contributed by atoms with E-state index in [1.165, 1.54) is 5.57 Å². The minimum Gasteiger partial charge on any atom is -0.444 e. The molecule has 1 aromatic carbocycles. The molecule has 0 aromatic heterocycles. The lowest BCUT2D eigenvalue weighted by molar-refractivity contribution is 0.0236. The van der Waals surface area contributed by atoms with Crippen LogP contribution in [-0.4, -0.2) is 40.9 Å². The van der Waals surface area contributed by atoms with Crippen LogP contribution in [0.15, 0.2) is 35.9 Å². The van der Waals surface area contributed by atoms with Crippen LogP contribution in [0.1, 0.15) is 46.1 Å². The van der Waals surface area contributed by atoms with Crippen LogP contribution in [0.2, 0.25) is 0 Å². The quantitative estimate of drug-likeness (QED) is 0.901. The molecular formula is C19H27NO3. The van der Waals surface area contributed by atoms with Gasteiger partial charge >= 0.3 is 6.09 Å². The summed E-state index contributed by atoms with van der Waals surface area (Å²) in [4.78, 5) is 13.9. The van der Waals surface area contributed by atoms with Crippen molar-refractivity contribution in [1.29, 1.82) is 0 Å². The summed E-state index contributed by atoms with van der Waals surface area (Å²) >= 11 is 0. The van der Waals surface area contributed by atoms with E-state index < -0.39 is 11.7 Å². The number of ether oxygens (including phenoxy) is 1. The second-order valence-corrected chi connectivity index (χ2v) is 7.03. The van der Waals surface area contributed by atoms with Crippen molar-refractivity contribution in [3.8, 4) is 0 Å². The van der Waals surface area contributed by atoms with Gasteiger partial charge in [-0.25, -0.2) is 4.79 Å². The standard InChI is InChI=1S/C19H27NO3/c1-14(21)17(15-8-6-5-7-9-15)16-10-12-20(13-11-16)18(22)23-19(2,3)4/h5-9,14,21H,10-13H2,1-4H3. The maximum atomic E-state index is 12.1. The molecule has 1 heterocycles. The molecule has 4 heteroatoms. The lowest BCUT2D eigenvalue weighted by Gasteiger charge is -2.32. The molecule has 1 fully saturated rings. The Morgan fingerprint density at radius 1 is 1.17 bits per heavy atom. The first-order chi connectivity index (χ1) is 10.8. The van der Waals surface area contributed by atoms with Crippen LogP contribution < -0.4 is 0 Å². The van der Waals surface area contributed by atoms with Crippen molar-refractivity contribution in [3.05, 3.63) is 41.5 Å². The largest absolute Gasteiger partial charge is 0.444 e. The zero-order valence-corrected chi connectivity index (χ0v) is 14.5. The van der Waals surface area contributed by atoms with E-state index in [-0.39, 0.29) is 6.09 Å². The number of benzene rings is 1. The second kappa shape index (κ2) is 7.18. The van der Waals surface area contributed by atoms with Crippen LogP contribution in [0.3, 0.4) is 0 Å². The summed E-state index contributed by atoms with van der Waals surface area (Å²) in [6, 6.07) is 9.98. The number of carbonyl (C=O) groups excluding carboxylic acids is 1. The second-order valence-electron chi connectivity index (χ2n) is 7.03. The van der Waals surface area contributed by atoms with Crippen LogP contribution in [0, 0.1) is 0 Å². The van der Waals surface area contributed by atoms with Gasteiger partial charge in [-0.2, -0.15) is 0 Å². The first kappa shape index (κ1) is 17.5. The maximum absolute atomic E-state index is 12.1. The molecule has 0 bridgehead atoms. The molecule has 1 saturated heterocycles. The molecule has 0 radical (unpaired) electrons. The fourth-order valence-corrected chi connectivity index (χ4v) is 2.91. The summed E-state index contributed by atoms with van der Waals surface area (Å²) in [5.41, 5.74) is 2.81. The number of rotatable bonds is 2. The molecule has 0 spiro atoms. The molecule has 1 amide bonds. The average Bonchev–Trinajstić information content (AvgIpc) is 2.47. The minimum atomic E-state index is -0.513. The van der Waals surface area contributed by atoms with Crippen LogP contribution in [0.5, 0.6) is 0 Å². The van der Waals surface area contributed by atoms with Crippen molar-refractivity contribution in [2.75, 3.05) is 13.1 Å². The number of hydrogen-bond donors (Lipinski definition) is 1. The third-order valence-corrected chi connectivity index (χ3v) is 3.90. The van der Waals surface area contributed by atoms with Gasteiger partial charge in [0.15, 0.2) is 0 Å². The smallest absolute Gasteiger partial charge is 0.410 e. The van der Waals surface area contributed by atoms with Gasteiger partial charge in [0.2, 0.25) is 0 Å². The molecule has 1 aliphatic heterocycles. The lowest BCUT2D eigenvalue weighted by atomic mass is 9.90. The fraction of sp³-hybridized carbons (Fsp3) is 0.526. The van der Waals surface area contributed by atoms with E-state index in [1.807, 2.05) is 51.1 Å². The number of amides is 1. The van der Waals surface area contributed by atoms with E-state index in [4.69, 9.17) is 4.74 Å². The van der Waals surface area contributed by atoms with Crippen LogP contribution in [0.25, 0.3) is 5.57 Å². The van der Waals surface area contributed by atoms with Gasteiger partial charge in [0, 0.05) is 13.1 Å². The van der Waals surface area contributed by atoms with Gasteiger partial charge in [-0.15, -0.1) is 0 Å². The number of nitrogens with zero attached hydrogens (tertiary/aromatic N) is 1. The Balaban J connectivity index is 2.11. The van der Waals surface area contributed by atoms with Gasteiger partial charge < -0.3 is 14.7 Å². The van der Waals surface area contributed by atoms with Crippen molar-refractivity contribution in [1.82, 2.24) is 4.90 Å². The molecule has 1 aromatic rings. The number of aliphatic hydroxyl groups excluding tert-OH is 1. The van der Waals surface area contributed by atoms with Crippen molar-refractivity contribution >= 4 is 11.7 Å². The molecule has 126 valence electrons. The molecule has 0 saturated carbocycles. The summed E-state index contributed by atoms with van der Waals surface area (Å²) < 4.78 is 5.43. The highest BCUT2D eigenvalue weighted by Gasteiger charge is 2.26. The molecule has 4 nitrogen and oxygen atoms in total. The van der Waals surface area contributed by atoms with Gasteiger partial charge in [0.05, 0.1) is 6.10 Å². The third-order valence-electron chi connectivity index (χ3n) is 3.90. The Hall–Kier alpha value is -1.81. The maximum Gasteiger partial charge on any atom is 0.410 e. The van der Waals surface area contributed by atoms with E-state index in [2.05, 4.69) is 0 Å². The minimum absolute atomic E-state index is 0.255. The number of piperidine rings is 1. The van der Waals surface area contributed by atoms with Crippen molar-refractivity contribution in [2.24, 2.45) is 0 Å². The monoisotopic (exact) mass is 317 g/mol. The van der Waals surface area contributed by atoms with Crippen LogP contribution in [0.4, 0.5) is 4.79 Å². The summed E-state index contributed by atoms with van der Waals surface area (Å²) in [6.07, 6.45) is 0.776. The topological polar surface area (TPSA) is 49.8 Å². The van der Waals surface area contributed by atoms with E-state index in [1.54, 1.807) is 11.8 Å². The van der Waals surface area contributed by atoms with Crippen LogP contribution >= 0.6 is 0 Å². The van der Waals surface area contributed by atoms with Gasteiger partial charge in [-0.05, 0) is 51.7 Å². The Kier molecular flexibility index (Phi) is 5.47. The summed E-state index contributed by atoms with van der Waals surface area (Å²) in [5.74, 6) is 0. The lowest BCUT2D eigenvalue weighted by Crippen LogP contribution is -2.40. The summed E-state index contributed by atoms with van der Waals surface area (Å²) in [5, 5.41) is 10.2. The normalized spacial score (nSPS) is 16.9.